The fourth-order valence-corrected chi connectivity index (χ4v) is 3.47. The van der Waals surface area contributed by atoms with Crippen LogP contribution < -0.4 is 15.4 Å². The van der Waals surface area contributed by atoms with Crippen molar-refractivity contribution in [3.05, 3.63) is 23.8 Å². The van der Waals surface area contributed by atoms with Gasteiger partial charge >= 0.3 is 0 Å². The summed E-state index contributed by atoms with van der Waals surface area (Å²) in [5.41, 5.74) is 2.09. The Morgan fingerprint density at radius 2 is 2.30 bits per heavy atom. The van der Waals surface area contributed by atoms with Gasteiger partial charge in [-0.05, 0) is 74.4 Å². The van der Waals surface area contributed by atoms with Gasteiger partial charge in [0, 0.05) is 12.1 Å². The minimum Gasteiger partial charge on any atom is -0.493 e. The molecule has 1 aromatic carbocycles. The zero-order valence-electron chi connectivity index (χ0n) is 13.8. The lowest BCUT2D eigenvalue weighted by atomic mass is 9.85. The molecule has 2 atom stereocenters. The van der Waals surface area contributed by atoms with Gasteiger partial charge < -0.3 is 15.4 Å². The highest BCUT2D eigenvalue weighted by Crippen LogP contribution is 2.28. The lowest BCUT2D eigenvalue weighted by Crippen LogP contribution is -2.34. The number of benzene rings is 1. The van der Waals surface area contributed by atoms with Crippen LogP contribution in [-0.2, 0) is 11.2 Å². The van der Waals surface area contributed by atoms with Crippen LogP contribution >= 0.6 is 12.4 Å². The standard InChI is InChI=1S/C18H26N2O2.ClH/c1-13(15-4-2-8-19-12-15)10-18(21)20-16-6-7-17-14(11-16)5-3-9-22-17;/h6-7,11,13,15,19H,2-5,8-10,12H2,1H3,(H,20,21);1H. The van der Waals surface area contributed by atoms with E-state index in [1.807, 2.05) is 12.1 Å². The Balaban J connectivity index is 0.00000192. The number of carbonyl (C=O) groups is 1. The van der Waals surface area contributed by atoms with Crippen LogP contribution in [0.4, 0.5) is 5.69 Å². The van der Waals surface area contributed by atoms with Crippen molar-refractivity contribution in [1.29, 1.82) is 0 Å². The topological polar surface area (TPSA) is 50.4 Å². The lowest BCUT2D eigenvalue weighted by Gasteiger charge is -2.28. The van der Waals surface area contributed by atoms with Crippen molar-refractivity contribution in [2.75, 3.05) is 25.0 Å². The van der Waals surface area contributed by atoms with Gasteiger partial charge in [-0.15, -0.1) is 12.4 Å². The van der Waals surface area contributed by atoms with Gasteiger partial charge in [-0.1, -0.05) is 6.92 Å². The second kappa shape index (κ2) is 8.55. The van der Waals surface area contributed by atoms with Crippen LogP contribution in [0.2, 0.25) is 0 Å². The highest BCUT2D eigenvalue weighted by Gasteiger charge is 2.22. The molecule has 0 spiro atoms. The molecule has 2 N–H and O–H groups in total. The van der Waals surface area contributed by atoms with Crippen molar-refractivity contribution in [2.24, 2.45) is 11.8 Å². The summed E-state index contributed by atoms with van der Waals surface area (Å²) in [5, 5.41) is 6.47. The molecule has 128 valence electrons. The number of anilines is 1. The van der Waals surface area contributed by atoms with E-state index in [2.05, 4.69) is 23.6 Å². The van der Waals surface area contributed by atoms with Crippen LogP contribution in [0.5, 0.6) is 5.75 Å². The molecule has 1 fully saturated rings. The number of fused-ring (bicyclic) bond motifs is 1. The van der Waals surface area contributed by atoms with E-state index in [1.165, 1.54) is 18.4 Å². The first-order chi connectivity index (χ1) is 10.7. The quantitative estimate of drug-likeness (QED) is 0.884. The molecule has 1 amide bonds. The Kier molecular flexibility index (Phi) is 6.72. The van der Waals surface area contributed by atoms with Crippen LogP contribution in [0.15, 0.2) is 18.2 Å². The van der Waals surface area contributed by atoms with Gasteiger partial charge in [0.05, 0.1) is 6.61 Å². The fourth-order valence-electron chi connectivity index (χ4n) is 3.47. The van der Waals surface area contributed by atoms with E-state index in [9.17, 15) is 4.79 Å². The molecule has 2 heterocycles. The van der Waals surface area contributed by atoms with Crippen molar-refractivity contribution >= 4 is 24.0 Å². The minimum atomic E-state index is 0. The van der Waals surface area contributed by atoms with Crippen molar-refractivity contribution < 1.29 is 9.53 Å². The molecular weight excluding hydrogens is 312 g/mol. The molecule has 3 rings (SSSR count). The summed E-state index contributed by atoms with van der Waals surface area (Å²) in [7, 11) is 0. The monoisotopic (exact) mass is 338 g/mol. The molecule has 4 nitrogen and oxygen atoms in total. The van der Waals surface area contributed by atoms with E-state index in [-0.39, 0.29) is 18.3 Å². The molecule has 0 saturated carbocycles. The molecule has 0 aliphatic carbocycles. The van der Waals surface area contributed by atoms with Gasteiger partial charge in [0.1, 0.15) is 5.75 Å². The summed E-state index contributed by atoms with van der Waals surface area (Å²) >= 11 is 0. The molecule has 2 aliphatic rings. The first-order valence-corrected chi connectivity index (χ1v) is 8.48. The minimum absolute atomic E-state index is 0. The summed E-state index contributed by atoms with van der Waals surface area (Å²) in [6.07, 6.45) is 5.14. The molecule has 2 aliphatic heterocycles. The summed E-state index contributed by atoms with van der Waals surface area (Å²) in [6.45, 7) is 5.15. The van der Waals surface area contributed by atoms with E-state index in [1.54, 1.807) is 0 Å². The molecule has 1 aromatic rings. The van der Waals surface area contributed by atoms with Gasteiger partial charge in [-0.25, -0.2) is 0 Å². The molecule has 5 heteroatoms. The van der Waals surface area contributed by atoms with E-state index in [0.717, 1.165) is 44.0 Å². The average molecular weight is 339 g/mol. The Morgan fingerprint density at radius 3 is 3.09 bits per heavy atom. The van der Waals surface area contributed by atoms with Crippen LogP contribution in [0.25, 0.3) is 0 Å². The van der Waals surface area contributed by atoms with E-state index >= 15 is 0 Å². The molecule has 2 unspecified atom stereocenters. The summed E-state index contributed by atoms with van der Waals surface area (Å²) in [6, 6.07) is 5.96. The van der Waals surface area contributed by atoms with Gasteiger partial charge in [-0.2, -0.15) is 0 Å². The summed E-state index contributed by atoms with van der Waals surface area (Å²) in [5.74, 6) is 2.13. The molecule has 0 aromatic heterocycles. The Bertz CT molecular complexity index is 530. The van der Waals surface area contributed by atoms with Gasteiger partial charge in [0.15, 0.2) is 0 Å². The largest absolute Gasteiger partial charge is 0.493 e. The predicted molar refractivity (Wildman–Crippen MR) is 95.5 cm³/mol. The third-order valence-electron chi connectivity index (χ3n) is 4.84. The number of hydrogen-bond donors (Lipinski definition) is 2. The van der Waals surface area contributed by atoms with Crippen LogP contribution in [0, 0.1) is 11.8 Å². The second-order valence-corrected chi connectivity index (χ2v) is 6.61. The number of aryl methyl sites for hydroxylation is 1. The molecule has 0 bridgehead atoms. The van der Waals surface area contributed by atoms with E-state index in [0.29, 0.717) is 18.3 Å². The number of hydrogen-bond acceptors (Lipinski definition) is 3. The molecule has 0 radical (unpaired) electrons. The average Bonchev–Trinajstić information content (AvgIpc) is 2.55. The Morgan fingerprint density at radius 1 is 1.43 bits per heavy atom. The van der Waals surface area contributed by atoms with Gasteiger partial charge in [0.25, 0.3) is 0 Å². The number of carbonyl (C=O) groups excluding carboxylic acids is 1. The number of piperidine rings is 1. The van der Waals surface area contributed by atoms with E-state index in [4.69, 9.17) is 4.74 Å². The third-order valence-corrected chi connectivity index (χ3v) is 4.84. The summed E-state index contributed by atoms with van der Waals surface area (Å²) < 4.78 is 5.61. The Hall–Kier alpha value is -1.26. The SMILES string of the molecule is CC(CC(=O)Nc1ccc2c(c1)CCCO2)C1CCCNC1.Cl. The van der Waals surface area contributed by atoms with Gasteiger partial charge in [-0.3, -0.25) is 4.79 Å². The van der Waals surface area contributed by atoms with Crippen LogP contribution in [-0.4, -0.2) is 25.6 Å². The maximum absolute atomic E-state index is 12.3. The third kappa shape index (κ3) is 4.85. The maximum Gasteiger partial charge on any atom is 0.224 e. The lowest BCUT2D eigenvalue weighted by molar-refractivity contribution is -0.117. The first kappa shape index (κ1) is 18.1. The number of ether oxygens (including phenoxy) is 1. The maximum atomic E-state index is 12.3. The highest BCUT2D eigenvalue weighted by atomic mass is 35.5. The normalized spacial score (nSPS) is 21.3. The number of halogens is 1. The zero-order chi connectivity index (χ0) is 15.4. The zero-order valence-corrected chi connectivity index (χ0v) is 14.6. The molecule has 1 saturated heterocycles. The van der Waals surface area contributed by atoms with Crippen molar-refractivity contribution in [1.82, 2.24) is 5.32 Å². The molecular formula is C18H27ClN2O2. The number of amides is 1. The highest BCUT2D eigenvalue weighted by molar-refractivity contribution is 5.91. The number of rotatable bonds is 4. The Labute approximate surface area is 144 Å². The molecule has 23 heavy (non-hydrogen) atoms. The van der Waals surface area contributed by atoms with Crippen LogP contribution in [0.1, 0.15) is 38.2 Å². The van der Waals surface area contributed by atoms with Crippen molar-refractivity contribution in [3.8, 4) is 5.75 Å². The fraction of sp³-hybridized carbons (Fsp3) is 0.611. The van der Waals surface area contributed by atoms with Crippen LogP contribution in [0.3, 0.4) is 0 Å². The van der Waals surface area contributed by atoms with Gasteiger partial charge in [0.2, 0.25) is 5.91 Å². The van der Waals surface area contributed by atoms with E-state index < -0.39 is 0 Å². The van der Waals surface area contributed by atoms with Crippen molar-refractivity contribution in [3.63, 3.8) is 0 Å². The second-order valence-electron chi connectivity index (χ2n) is 6.61. The summed E-state index contributed by atoms with van der Waals surface area (Å²) in [4.78, 5) is 12.3. The number of nitrogens with one attached hydrogen (secondary N) is 2. The van der Waals surface area contributed by atoms with Crippen molar-refractivity contribution in [2.45, 2.75) is 39.0 Å². The predicted octanol–water partition coefficient (Wildman–Crippen LogP) is 3.40. The smallest absolute Gasteiger partial charge is 0.224 e. The first-order valence-electron chi connectivity index (χ1n) is 8.48.